The van der Waals surface area contributed by atoms with Crippen LogP contribution in [0.15, 0.2) is 24.4 Å². The molecular formula is C12H15N3O2. The molecule has 2 rings (SSSR count). The number of rotatable bonds is 3. The monoisotopic (exact) mass is 233 g/mol. The van der Waals surface area contributed by atoms with Crippen molar-refractivity contribution >= 4 is 11.8 Å². The zero-order valence-electron chi connectivity index (χ0n) is 9.56. The zero-order valence-corrected chi connectivity index (χ0v) is 9.56. The normalized spacial score (nSPS) is 15.5. The Balaban J connectivity index is 1.83. The summed E-state index contributed by atoms with van der Waals surface area (Å²) in [6.07, 6.45) is 2.75. The van der Waals surface area contributed by atoms with Crippen molar-refractivity contribution in [3.05, 3.63) is 30.1 Å². The number of carbonyl (C=O) groups is 2. The number of hydrogen-bond acceptors (Lipinski definition) is 3. The van der Waals surface area contributed by atoms with E-state index in [0.717, 1.165) is 5.69 Å². The minimum atomic E-state index is -0.0811. The lowest BCUT2D eigenvalue weighted by Gasteiger charge is -2.26. The summed E-state index contributed by atoms with van der Waals surface area (Å²) >= 11 is 0. The third-order valence-corrected chi connectivity index (χ3v) is 2.71. The molecule has 0 atom stereocenters. The van der Waals surface area contributed by atoms with Crippen molar-refractivity contribution in [2.24, 2.45) is 0 Å². The minimum absolute atomic E-state index is 0.0190. The summed E-state index contributed by atoms with van der Waals surface area (Å²) in [5.41, 5.74) is 0.905. The molecule has 0 radical (unpaired) electrons. The van der Waals surface area contributed by atoms with Gasteiger partial charge in [0, 0.05) is 31.4 Å². The summed E-state index contributed by atoms with van der Waals surface area (Å²) in [5.74, 6) is -0.0621. The van der Waals surface area contributed by atoms with Crippen LogP contribution in [0.2, 0.25) is 0 Å². The van der Waals surface area contributed by atoms with E-state index in [-0.39, 0.29) is 18.4 Å². The number of amides is 2. The Hall–Kier alpha value is -1.91. The third kappa shape index (κ3) is 3.27. The van der Waals surface area contributed by atoms with Gasteiger partial charge in [0.2, 0.25) is 11.8 Å². The molecular weight excluding hydrogens is 218 g/mol. The van der Waals surface area contributed by atoms with Gasteiger partial charge in [0.05, 0.1) is 6.54 Å². The van der Waals surface area contributed by atoms with Crippen molar-refractivity contribution in [2.45, 2.75) is 12.8 Å². The van der Waals surface area contributed by atoms with Gasteiger partial charge in [0.1, 0.15) is 0 Å². The fraction of sp³-hybridized carbons (Fsp3) is 0.417. The van der Waals surface area contributed by atoms with Crippen LogP contribution >= 0.6 is 0 Å². The molecule has 1 aromatic rings. The lowest BCUT2D eigenvalue weighted by Crippen LogP contribution is -2.50. The predicted octanol–water partition coefficient (Wildman–Crippen LogP) is -0.0274. The standard InChI is InChI=1S/C12H15N3O2/c16-11-9-15(8-7-14-11)12(17)5-4-10-3-1-2-6-13-10/h1-3,6H,4-5,7-9H2,(H,14,16). The molecule has 1 saturated heterocycles. The number of nitrogens with zero attached hydrogens (tertiary/aromatic N) is 2. The van der Waals surface area contributed by atoms with Crippen LogP contribution < -0.4 is 5.32 Å². The van der Waals surface area contributed by atoms with Gasteiger partial charge in [-0.15, -0.1) is 0 Å². The number of piperazine rings is 1. The van der Waals surface area contributed by atoms with Crippen molar-refractivity contribution in [1.29, 1.82) is 0 Å². The lowest BCUT2D eigenvalue weighted by atomic mass is 10.2. The quantitative estimate of drug-likeness (QED) is 0.797. The summed E-state index contributed by atoms with van der Waals surface area (Å²) in [5, 5.41) is 2.70. The average molecular weight is 233 g/mol. The molecule has 1 aliphatic rings. The molecule has 1 aliphatic heterocycles. The molecule has 90 valence electrons. The first-order valence-corrected chi connectivity index (χ1v) is 5.70. The first-order valence-electron chi connectivity index (χ1n) is 5.70. The Kier molecular flexibility index (Phi) is 3.69. The van der Waals surface area contributed by atoms with Gasteiger partial charge >= 0.3 is 0 Å². The maximum atomic E-state index is 11.8. The Morgan fingerprint density at radius 1 is 1.47 bits per heavy atom. The van der Waals surface area contributed by atoms with Crippen LogP contribution in [0.1, 0.15) is 12.1 Å². The van der Waals surface area contributed by atoms with E-state index in [2.05, 4.69) is 10.3 Å². The summed E-state index contributed by atoms with van der Waals surface area (Å²) in [6.45, 7) is 1.34. The van der Waals surface area contributed by atoms with Crippen LogP contribution in [0.3, 0.4) is 0 Å². The van der Waals surface area contributed by atoms with E-state index in [1.807, 2.05) is 18.2 Å². The van der Waals surface area contributed by atoms with Crippen molar-refractivity contribution in [1.82, 2.24) is 15.2 Å². The van der Waals surface area contributed by atoms with Gasteiger partial charge in [0.15, 0.2) is 0 Å². The maximum Gasteiger partial charge on any atom is 0.239 e. The smallest absolute Gasteiger partial charge is 0.239 e. The number of pyridine rings is 1. The molecule has 5 nitrogen and oxygen atoms in total. The van der Waals surface area contributed by atoms with E-state index < -0.39 is 0 Å². The largest absolute Gasteiger partial charge is 0.353 e. The van der Waals surface area contributed by atoms with Gasteiger partial charge in [-0.1, -0.05) is 6.07 Å². The number of aromatic nitrogens is 1. The van der Waals surface area contributed by atoms with Crippen molar-refractivity contribution in [3.8, 4) is 0 Å². The van der Waals surface area contributed by atoms with Gasteiger partial charge in [-0.3, -0.25) is 14.6 Å². The van der Waals surface area contributed by atoms with Crippen molar-refractivity contribution < 1.29 is 9.59 Å². The summed E-state index contributed by atoms with van der Waals surface area (Å²) < 4.78 is 0. The van der Waals surface area contributed by atoms with Crippen LogP contribution in [0.25, 0.3) is 0 Å². The van der Waals surface area contributed by atoms with Crippen molar-refractivity contribution in [2.75, 3.05) is 19.6 Å². The highest BCUT2D eigenvalue weighted by molar-refractivity contribution is 5.85. The van der Waals surface area contributed by atoms with Crippen LogP contribution in [0.4, 0.5) is 0 Å². The molecule has 17 heavy (non-hydrogen) atoms. The number of hydrogen-bond donors (Lipinski definition) is 1. The fourth-order valence-corrected chi connectivity index (χ4v) is 1.79. The molecule has 0 aromatic carbocycles. The molecule has 2 heterocycles. The van der Waals surface area contributed by atoms with E-state index in [1.165, 1.54) is 0 Å². The molecule has 2 amide bonds. The molecule has 1 fully saturated rings. The second-order valence-electron chi connectivity index (χ2n) is 3.99. The van der Waals surface area contributed by atoms with Gasteiger partial charge in [-0.05, 0) is 18.6 Å². The highest BCUT2D eigenvalue weighted by atomic mass is 16.2. The van der Waals surface area contributed by atoms with Gasteiger partial charge in [0.25, 0.3) is 0 Å². The lowest BCUT2D eigenvalue weighted by molar-refractivity contribution is -0.138. The molecule has 0 aliphatic carbocycles. The van der Waals surface area contributed by atoms with E-state index >= 15 is 0 Å². The number of aryl methyl sites for hydroxylation is 1. The molecule has 0 bridgehead atoms. The summed E-state index contributed by atoms with van der Waals surface area (Å²) in [4.78, 5) is 28.7. The number of nitrogens with one attached hydrogen (secondary N) is 1. The topological polar surface area (TPSA) is 62.3 Å². The van der Waals surface area contributed by atoms with E-state index in [9.17, 15) is 9.59 Å². The van der Waals surface area contributed by atoms with Crippen molar-refractivity contribution in [3.63, 3.8) is 0 Å². The fourth-order valence-electron chi connectivity index (χ4n) is 1.79. The van der Waals surface area contributed by atoms with E-state index in [0.29, 0.717) is 25.9 Å². The molecule has 5 heteroatoms. The van der Waals surface area contributed by atoms with Crippen LogP contribution in [-0.4, -0.2) is 41.3 Å². The minimum Gasteiger partial charge on any atom is -0.353 e. The highest BCUT2D eigenvalue weighted by Gasteiger charge is 2.20. The van der Waals surface area contributed by atoms with Crippen LogP contribution in [-0.2, 0) is 16.0 Å². The Morgan fingerprint density at radius 2 is 2.35 bits per heavy atom. The summed E-state index contributed by atoms with van der Waals surface area (Å²) in [7, 11) is 0. The van der Waals surface area contributed by atoms with E-state index in [4.69, 9.17) is 0 Å². The second kappa shape index (κ2) is 5.43. The van der Waals surface area contributed by atoms with Crippen LogP contribution in [0, 0.1) is 0 Å². The molecule has 0 spiro atoms. The maximum absolute atomic E-state index is 11.8. The van der Waals surface area contributed by atoms with Gasteiger partial charge in [-0.25, -0.2) is 0 Å². The first kappa shape index (κ1) is 11.6. The number of carbonyl (C=O) groups excluding carboxylic acids is 2. The Labute approximate surface area is 99.8 Å². The predicted molar refractivity (Wildman–Crippen MR) is 62.1 cm³/mol. The first-order chi connectivity index (χ1) is 8.25. The SMILES string of the molecule is O=C1CN(C(=O)CCc2ccccn2)CCN1. The molecule has 1 aromatic heterocycles. The molecule has 1 N–H and O–H groups in total. The molecule has 0 saturated carbocycles. The Morgan fingerprint density at radius 3 is 3.06 bits per heavy atom. The second-order valence-corrected chi connectivity index (χ2v) is 3.99. The molecule has 0 unspecified atom stereocenters. The van der Waals surface area contributed by atoms with E-state index in [1.54, 1.807) is 11.1 Å². The highest BCUT2D eigenvalue weighted by Crippen LogP contribution is 2.03. The van der Waals surface area contributed by atoms with Gasteiger partial charge < -0.3 is 10.2 Å². The average Bonchev–Trinajstić information content (AvgIpc) is 2.37. The van der Waals surface area contributed by atoms with Gasteiger partial charge in [-0.2, -0.15) is 0 Å². The third-order valence-electron chi connectivity index (χ3n) is 2.71. The van der Waals surface area contributed by atoms with Crippen LogP contribution in [0.5, 0.6) is 0 Å². The zero-order chi connectivity index (χ0) is 12.1. The Bertz CT molecular complexity index is 405. The summed E-state index contributed by atoms with van der Waals surface area (Å²) in [6, 6.07) is 5.65.